The molecule has 0 spiro atoms. The number of hydrogen-bond donors (Lipinski definition) is 0. The molecule has 128 valence electrons. The van der Waals surface area contributed by atoms with E-state index in [1.54, 1.807) is 12.4 Å². The van der Waals surface area contributed by atoms with Gasteiger partial charge in [0.1, 0.15) is 12.4 Å². The third kappa shape index (κ3) is 4.44. The maximum absolute atomic E-state index is 11.7. The van der Waals surface area contributed by atoms with E-state index in [4.69, 9.17) is 27.9 Å². The Morgan fingerprint density at radius 1 is 1.12 bits per heavy atom. The molecular formula is C20H17Cl2NO2. The summed E-state index contributed by atoms with van der Waals surface area (Å²) in [6, 6.07) is 15.1. The fraction of sp³-hybridized carbons (Fsp3) is 0.150. The van der Waals surface area contributed by atoms with E-state index in [2.05, 4.69) is 0 Å². The van der Waals surface area contributed by atoms with E-state index in [-0.39, 0.29) is 11.8 Å². The zero-order chi connectivity index (χ0) is 17.8. The van der Waals surface area contributed by atoms with Crippen LogP contribution < -0.4 is 0 Å². The Balaban J connectivity index is 1.85. The lowest BCUT2D eigenvalue weighted by Crippen LogP contribution is -2.22. The lowest BCUT2D eigenvalue weighted by molar-refractivity contribution is -0.124. The number of benzene rings is 2. The largest absolute Gasteiger partial charge is 0.491 e. The van der Waals surface area contributed by atoms with Crippen molar-refractivity contribution >= 4 is 29.1 Å². The van der Waals surface area contributed by atoms with E-state index < -0.39 is 0 Å². The summed E-state index contributed by atoms with van der Waals surface area (Å²) < 4.78 is 6.03. The molecule has 0 bridgehead atoms. The normalized spacial score (nSPS) is 16.5. The molecule has 0 fully saturated rings. The number of hydrogen-bond acceptors (Lipinski definition) is 2. The average Bonchev–Trinajstić information content (AvgIpc) is 2.60. The van der Waals surface area contributed by atoms with E-state index in [0.29, 0.717) is 22.4 Å². The molecule has 0 aromatic heterocycles. The summed E-state index contributed by atoms with van der Waals surface area (Å²) in [4.78, 5) is 13.2. The summed E-state index contributed by atoms with van der Waals surface area (Å²) in [6.07, 6.45) is 5.40. The molecular weight excluding hydrogens is 357 g/mol. The number of carbonyl (C=O) groups is 1. The second kappa shape index (κ2) is 7.77. The van der Waals surface area contributed by atoms with Crippen LogP contribution in [0, 0.1) is 0 Å². The highest BCUT2D eigenvalue weighted by Crippen LogP contribution is 2.32. The first-order chi connectivity index (χ1) is 12.0. The van der Waals surface area contributed by atoms with Crippen LogP contribution in [0.2, 0.25) is 10.0 Å². The molecule has 3 rings (SSSR count). The van der Waals surface area contributed by atoms with Crippen LogP contribution >= 0.6 is 23.2 Å². The van der Waals surface area contributed by atoms with Gasteiger partial charge in [-0.05, 0) is 35.4 Å². The van der Waals surface area contributed by atoms with Gasteiger partial charge in [0.25, 0.3) is 0 Å². The van der Waals surface area contributed by atoms with Gasteiger partial charge in [0, 0.05) is 23.2 Å². The molecule has 2 aromatic rings. The molecule has 3 nitrogen and oxygen atoms in total. The van der Waals surface area contributed by atoms with Gasteiger partial charge in [-0.3, -0.25) is 9.69 Å². The minimum atomic E-state index is -0.103. The topological polar surface area (TPSA) is 29.5 Å². The quantitative estimate of drug-likeness (QED) is 0.706. The molecule has 25 heavy (non-hydrogen) atoms. The van der Waals surface area contributed by atoms with E-state index in [0.717, 1.165) is 11.1 Å². The SMILES string of the molecule is CC(=O)N1C=CC(c2cccc(Cl)c2)C(OCc2cccc(Cl)c2)=C1. The summed E-state index contributed by atoms with van der Waals surface area (Å²) in [7, 11) is 0. The fourth-order valence-electron chi connectivity index (χ4n) is 2.63. The molecule has 1 aliphatic rings. The second-order valence-corrected chi connectivity index (χ2v) is 6.62. The van der Waals surface area contributed by atoms with Crippen molar-refractivity contribution in [1.82, 2.24) is 4.90 Å². The van der Waals surface area contributed by atoms with Gasteiger partial charge in [-0.15, -0.1) is 0 Å². The number of halogens is 2. The van der Waals surface area contributed by atoms with E-state index in [1.807, 2.05) is 54.6 Å². The highest BCUT2D eigenvalue weighted by atomic mass is 35.5. The number of carbonyl (C=O) groups excluding carboxylic acids is 1. The predicted molar refractivity (Wildman–Crippen MR) is 100 cm³/mol. The van der Waals surface area contributed by atoms with Gasteiger partial charge in [-0.25, -0.2) is 0 Å². The number of rotatable bonds is 4. The molecule has 0 N–H and O–H groups in total. The second-order valence-electron chi connectivity index (χ2n) is 5.75. The zero-order valence-corrected chi connectivity index (χ0v) is 15.2. The number of ether oxygens (including phenoxy) is 1. The van der Waals surface area contributed by atoms with Crippen LogP contribution in [-0.4, -0.2) is 10.8 Å². The van der Waals surface area contributed by atoms with E-state index in [9.17, 15) is 4.79 Å². The van der Waals surface area contributed by atoms with Crippen molar-refractivity contribution in [3.63, 3.8) is 0 Å². The molecule has 1 unspecified atom stereocenters. The Morgan fingerprint density at radius 2 is 1.84 bits per heavy atom. The average molecular weight is 374 g/mol. The molecule has 0 saturated carbocycles. The van der Waals surface area contributed by atoms with Crippen molar-refractivity contribution in [3.05, 3.63) is 93.9 Å². The molecule has 5 heteroatoms. The van der Waals surface area contributed by atoms with Gasteiger partial charge in [-0.1, -0.05) is 53.5 Å². The summed E-state index contributed by atoms with van der Waals surface area (Å²) in [5, 5.41) is 1.32. The Morgan fingerprint density at radius 3 is 2.52 bits per heavy atom. The first-order valence-corrected chi connectivity index (χ1v) is 8.60. The van der Waals surface area contributed by atoms with Crippen LogP contribution in [0.25, 0.3) is 0 Å². The molecule has 1 heterocycles. The minimum Gasteiger partial charge on any atom is -0.491 e. The van der Waals surface area contributed by atoms with Crippen LogP contribution in [0.3, 0.4) is 0 Å². The highest BCUT2D eigenvalue weighted by molar-refractivity contribution is 6.30. The Kier molecular flexibility index (Phi) is 5.47. The number of nitrogens with zero attached hydrogens (tertiary/aromatic N) is 1. The van der Waals surface area contributed by atoms with Gasteiger partial charge in [-0.2, -0.15) is 0 Å². The summed E-state index contributed by atoms with van der Waals surface area (Å²) in [5.74, 6) is 0.498. The van der Waals surface area contributed by atoms with Crippen molar-refractivity contribution in [2.75, 3.05) is 0 Å². The Bertz CT molecular complexity index is 845. The van der Waals surface area contributed by atoms with Crippen LogP contribution in [-0.2, 0) is 16.1 Å². The van der Waals surface area contributed by atoms with Crippen LogP contribution in [0.15, 0.2) is 72.8 Å². The Hall–Kier alpha value is -2.23. The van der Waals surface area contributed by atoms with Gasteiger partial charge < -0.3 is 4.74 Å². The van der Waals surface area contributed by atoms with E-state index >= 15 is 0 Å². The van der Waals surface area contributed by atoms with Crippen LogP contribution in [0.4, 0.5) is 0 Å². The zero-order valence-electron chi connectivity index (χ0n) is 13.7. The maximum atomic E-state index is 11.7. The first-order valence-electron chi connectivity index (χ1n) is 7.84. The number of allylic oxidation sites excluding steroid dienone is 1. The predicted octanol–water partition coefficient (Wildman–Crippen LogP) is 5.51. The summed E-state index contributed by atoms with van der Waals surface area (Å²) >= 11 is 12.1. The van der Waals surface area contributed by atoms with Crippen molar-refractivity contribution in [2.45, 2.75) is 19.4 Å². The molecule has 0 aliphatic carbocycles. The standard InChI is InChI=1S/C20H17Cl2NO2/c1-14(24)23-9-8-19(16-5-3-7-18(22)11-16)20(12-23)25-13-15-4-2-6-17(21)10-15/h2-12,19H,13H2,1H3. The van der Waals surface area contributed by atoms with Crippen molar-refractivity contribution < 1.29 is 9.53 Å². The van der Waals surface area contributed by atoms with Crippen molar-refractivity contribution in [1.29, 1.82) is 0 Å². The van der Waals surface area contributed by atoms with Crippen LogP contribution in [0.5, 0.6) is 0 Å². The van der Waals surface area contributed by atoms with Gasteiger partial charge in [0.15, 0.2) is 0 Å². The first kappa shape index (κ1) is 17.6. The third-order valence-electron chi connectivity index (χ3n) is 3.88. The Labute approximate surface area is 157 Å². The summed E-state index contributed by atoms with van der Waals surface area (Å²) in [6.45, 7) is 1.87. The molecule has 0 saturated heterocycles. The minimum absolute atomic E-state index is 0.0790. The maximum Gasteiger partial charge on any atom is 0.227 e. The van der Waals surface area contributed by atoms with Crippen molar-refractivity contribution in [3.8, 4) is 0 Å². The van der Waals surface area contributed by atoms with Gasteiger partial charge >= 0.3 is 0 Å². The summed E-state index contributed by atoms with van der Waals surface area (Å²) in [5.41, 5.74) is 1.96. The number of amides is 1. The molecule has 1 atom stereocenters. The molecule has 1 amide bonds. The fourth-order valence-corrected chi connectivity index (χ4v) is 3.04. The molecule has 2 aromatic carbocycles. The van der Waals surface area contributed by atoms with E-state index in [1.165, 1.54) is 11.8 Å². The molecule has 1 aliphatic heterocycles. The highest BCUT2D eigenvalue weighted by Gasteiger charge is 2.22. The monoisotopic (exact) mass is 373 g/mol. The molecule has 0 radical (unpaired) electrons. The van der Waals surface area contributed by atoms with Gasteiger partial charge in [0.2, 0.25) is 5.91 Å². The van der Waals surface area contributed by atoms with Gasteiger partial charge in [0.05, 0.1) is 12.1 Å². The lowest BCUT2D eigenvalue weighted by Gasteiger charge is -2.26. The van der Waals surface area contributed by atoms with Crippen molar-refractivity contribution in [2.24, 2.45) is 0 Å². The van der Waals surface area contributed by atoms with Crippen LogP contribution in [0.1, 0.15) is 24.0 Å². The smallest absolute Gasteiger partial charge is 0.227 e. The lowest BCUT2D eigenvalue weighted by atomic mass is 9.95. The third-order valence-corrected chi connectivity index (χ3v) is 4.35.